The van der Waals surface area contributed by atoms with Crippen LogP contribution in [0.25, 0.3) is 11.1 Å². The van der Waals surface area contributed by atoms with Gasteiger partial charge in [0.15, 0.2) is 0 Å². The standard InChI is InChI=1S/C14H19N3O/c1-15-14(11-18-2)10-17-9-13(8-16-17)12-6-4-3-5-7-12/h3-9,14-15H,10-11H2,1-2H3. The van der Waals surface area contributed by atoms with Crippen molar-refractivity contribution in [1.29, 1.82) is 0 Å². The summed E-state index contributed by atoms with van der Waals surface area (Å²) >= 11 is 0. The molecule has 4 nitrogen and oxygen atoms in total. The van der Waals surface area contributed by atoms with Crippen LogP contribution in [0.1, 0.15) is 0 Å². The van der Waals surface area contributed by atoms with Crippen LogP contribution in [-0.4, -0.2) is 36.6 Å². The molecule has 0 aliphatic carbocycles. The van der Waals surface area contributed by atoms with E-state index in [0.717, 1.165) is 12.1 Å². The quantitative estimate of drug-likeness (QED) is 0.843. The average molecular weight is 245 g/mol. The highest BCUT2D eigenvalue weighted by Crippen LogP contribution is 2.17. The van der Waals surface area contributed by atoms with Gasteiger partial charge in [-0.1, -0.05) is 30.3 Å². The first-order chi connectivity index (χ1) is 8.83. The largest absolute Gasteiger partial charge is 0.383 e. The fourth-order valence-electron chi connectivity index (χ4n) is 1.90. The molecule has 0 saturated heterocycles. The van der Waals surface area contributed by atoms with E-state index in [0.29, 0.717) is 6.61 Å². The minimum atomic E-state index is 0.276. The molecule has 96 valence electrons. The summed E-state index contributed by atoms with van der Waals surface area (Å²) in [6, 6.07) is 10.5. The molecule has 2 rings (SSSR count). The number of likely N-dealkylation sites (N-methyl/N-ethyl adjacent to an activating group) is 1. The summed E-state index contributed by atoms with van der Waals surface area (Å²) in [5.41, 5.74) is 2.33. The summed E-state index contributed by atoms with van der Waals surface area (Å²) in [6.45, 7) is 1.48. The normalized spacial score (nSPS) is 12.6. The maximum Gasteiger partial charge on any atom is 0.0633 e. The first-order valence-electron chi connectivity index (χ1n) is 6.07. The Morgan fingerprint density at radius 1 is 1.28 bits per heavy atom. The van der Waals surface area contributed by atoms with E-state index >= 15 is 0 Å². The lowest BCUT2D eigenvalue weighted by Crippen LogP contribution is -2.34. The second-order valence-corrected chi connectivity index (χ2v) is 4.26. The maximum atomic E-state index is 5.15. The van der Waals surface area contributed by atoms with Crippen molar-refractivity contribution in [2.24, 2.45) is 0 Å². The van der Waals surface area contributed by atoms with Crippen molar-refractivity contribution in [2.45, 2.75) is 12.6 Å². The van der Waals surface area contributed by atoms with E-state index < -0.39 is 0 Å². The summed E-state index contributed by atoms with van der Waals surface area (Å²) in [6.07, 6.45) is 3.96. The van der Waals surface area contributed by atoms with Crippen molar-refractivity contribution >= 4 is 0 Å². The topological polar surface area (TPSA) is 39.1 Å². The monoisotopic (exact) mass is 245 g/mol. The molecule has 0 bridgehead atoms. The lowest BCUT2D eigenvalue weighted by Gasteiger charge is -2.14. The molecule has 1 aromatic heterocycles. The van der Waals surface area contributed by atoms with Gasteiger partial charge in [0, 0.05) is 24.9 Å². The predicted molar refractivity (Wildman–Crippen MR) is 72.4 cm³/mol. The maximum absolute atomic E-state index is 5.15. The molecule has 1 N–H and O–H groups in total. The molecule has 0 fully saturated rings. The number of ether oxygens (including phenoxy) is 1. The number of nitrogens with zero attached hydrogens (tertiary/aromatic N) is 2. The van der Waals surface area contributed by atoms with E-state index in [2.05, 4.69) is 28.7 Å². The van der Waals surface area contributed by atoms with Crippen LogP contribution < -0.4 is 5.32 Å². The van der Waals surface area contributed by atoms with Gasteiger partial charge >= 0.3 is 0 Å². The van der Waals surface area contributed by atoms with E-state index in [1.54, 1.807) is 7.11 Å². The second-order valence-electron chi connectivity index (χ2n) is 4.26. The van der Waals surface area contributed by atoms with Crippen molar-refractivity contribution in [2.75, 3.05) is 20.8 Å². The third-order valence-electron chi connectivity index (χ3n) is 2.92. The molecule has 0 aliphatic rings. The van der Waals surface area contributed by atoms with Crippen molar-refractivity contribution in [1.82, 2.24) is 15.1 Å². The Bertz CT molecular complexity index is 467. The molecule has 0 spiro atoms. The molecule has 0 amide bonds. The molecule has 2 aromatic rings. The van der Waals surface area contributed by atoms with Crippen LogP contribution in [-0.2, 0) is 11.3 Å². The van der Waals surface area contributed by atoms with Crippen LogP contribution in [0.15, 0.2) is 42.7 Å². The third kappa shape index (κ3) is 3.18. The Kier molecular flexibility index (Phi) is 4.50. The second kappa shape index (κ2) is 6.33. The van der Waals surface area contributed by atoms with Gasteiger partial charge in [-0.3, -0.25) is 4.68 Å². The van der Waals surface area contributed by atoms with Gasteiger partial charge in [0.1, 0.15) is 0 Å². The first-order valence-corrected chi connectivity index (χ1v) is 6.07. The van der Waals surface area contributed by atoms with Crippen LogP contribution in [0.5, 0.6) is 0 Å². The smallest absolute Gasteiger partial charge is 0.0633 e. The molecular weight excluding hydrogens is 226 g/mol. The van der Waals surface area contributed by atoms with Gasteiger partial charge in [0.05, 0.1) is 19.3 Å². The van der Waals surface area contributed by atoms with Crippen LogP contribution >= 0.6 is 0 Å². The zero-order valence-corrected chi connectivity index (χ0v) is 10.8. The van der Waals surface area contributed by atoms with E-state index in [1.807, 2.05) is 36.1 Å². The zero-order valence-electron chi connectivity index (χ0n) is 10.8. The molecular formula is C14H19N3O. The molecule has 0 radical (unpaired) electrons. The average Bonchev–Trinajstić information content (AvgIpc) is 2.88. The van der Waals surface area contributed by atoms with Crippen molar-refractivity contribution in [3.05, 3.63) is 42.7 Å². The van der Waals surface area contributed by atoms with Crippen molar-refractivity contribution < 1.29 is 4.74 Å². The molecule has 18 heavy (non-hydrogen) atoms. The third-order valence-corrected chi connectivity index (χ3v) is 2.92. The summed E-state index contributed by atoms with van der Waals surface area (Å²) in [4.78, 5) is 0. The molecule has 1 atom stereocenters. The van der Waals surface area contributed by atoms with Crippen LogP contribution in [0.3, 0.4) is 0 Å². The van der Waals surface area contributed by atoms with E-state index in [4.69, 9.17) is 4.74 Å². The molecule has 1 heterocycles. The highest BCUT2D eigenvalue weighted by Gasteiger charge is 2.08. The first kappa shape index (κ1) is 12.8. The molecule has 0 aliphatic heterocycles. The predicted octanol–water partition coefficient (Wildman–Crippen LogP) is 1.78. The van der Waals surface area contributed by atoms with Gasteiger partial charge in [0.2, 0.25) is 0 Å². The van der Waals surface area contributed by atoms with Gasteiger partial charge in [-0.05, 0) is 12.6 Å². The summed E-state index contributed by atoms with van der Waals surface area (Å²) in [5, 5.41) is 7.60. The summed E-state index contributed by atoms with van der Waals surface area (Å²) in [7, 11) is 3.65. The Balaban J connectivity index is 2.06. The van der Waals surface area contributed by atoms with Crippen molar-refractivity contribution in [3.63, 3.8) is 0 Å². The van der Waals surface area contributed by atoms with E-state index in [9.17, 15) is 0 Å². The van der Waals surface area contributed by atoms with E-state index in [-0.39, 0.29) is 6.04 Å². The molecule has 4 heteroatoms. The Labute approximate surface area is 108 Å². The van der Waals surface area contributed by atoms with Gasteiger partial charge in [-0.25, -0.2) is 0 Å². The highest BCUT2D eigenvalue weighted by molar-refractivity contribution is 5.61. The Hall–Kier alpha value is -1.65. The van der Waals surface area contributed by atoms with Gasteiger partial charge in [-0.15, -0.1) is 0 Å². The number of nitrogens with one attached hydrogen (secondary N) is 1. The number of hydrogen-bond acceptors (Lipinski definition) is 3. The molecule has 1 unspecified atom stereocenters. The lowest BCUT2D eigenvalue weighted by molar-refractivity contribution is 0.160. The SMILES string of the molecule is CNC(COC)Cn1cc(-c2ccccc2)cn1. The lowest BCUT2D eigenvalue weighted by atomic mass is 10.1. The van der Waals surface area contributed by atoms with Crippen LogP contribution in [0, 0.1) is 0 Å². The number of hydrogen-bond donors (Lipinski definition) is 1. The van der Waals surface area contributed by atoms with Gasteiger partial charge in [0.25, 0.3) is 0 Å². The summed E-state index contributed by atoms with van der Waals surface area (Å²) < 4.78 is 7.10. The Morgan fingerprint density at radius 3 is 2.72 bits per heavy atom. The van der Waals surface area contributed by atoms with Crippen molar-refractivity contribution in [3.8, 4) is 11.1 Å². The Morgan fingerprint density at radius 2 is 2.06 bits per heavy atom. The van der Waals surface area contributed by atoms with Gasteiger partial charge in [-0.2, -0.15) is 5.10 Å². The number of benzene rings is 1. The minimum Gasteiger partial charge on any atom is -0.383 e. The number of methoxy groups -OCH3 is 1. The fraction of sp³-hybridized carbons (Fsp3) is 0.357. The zero-order chi connectivity index (χ0) is 12.8. The summed E-state index contributed by atoms with van der Waals surface area (Å²) in [5.74, 6) is 0. The number of aromatic nitrogens is 2. The minimum absolute atomic E-state index is 0.276. The van der Waals surface area contributed by atoms with Gasteiger partial charge < -0.3 is 10.1 Å². The number of rotatable bonds is 6. The molecule has 1 aromatic carbocycles. The van der Waals surface area contributed by atoms with Crippen LogP contribution in [0.4, 0.5) is 0 Å². The fourth-order valence-corrected chi connectivity index (χ4v) is 1.90. The van der Waals surface area contributed by atoms with E-state index in [1.165, 1.54) is 5.56 Å². The molecule has 0 saturated carbocycles. The van der Waals surface area contributed by atoms with Crippen LogP contribution in [0.2, 0.25) is 0 Å². The highest BCUT2D eigenvalue weighted by atomic mass is 16.5.